The number of carbonyl (C=O) groups excluding carboxylic acids is 1. The fraction of sp³-hybridized carbons (Fsp3) is 0.133. The summed E-state index contributed by atoms with van der Waals surface area (Å²) in [4.78, 5) is 12.0. The minimum atomic E-state index is -0.384. The van der Waals surface area contributed by atoms with E-state index in [-0.39, 0.29) is 12.6 Å². The third-order valence-electron chi connectivity index (χ3n) is 2.74. The maximum atomic E-state index is 12.0. The zero-order valence-electron chi connectivity index (χ0n) is 10.5. The van der Waals surface area contributed by atoms with Crippen LogP contribution in [-0.4, -0.2) is 5.97 Å². The number of benzene rings is 2. The van der Waals surface area contributed by atoms with E-state index in [0.717, 1.165) is 11.1 Å². The molecule has 2 N–H and O–H groups in total. The first kappa shape index (κ1) is 13.4. The van der Waals surface area contributed by atoms with Crippen LogP contribution in [0.2, 0.25) is 5.02 Å². The zero-order chi connectivity index (χ0) is 13.8. The smallest absolute Gasteiger partial charge is 0.338 e. The number of hydrogen-bond donors (Lipinski definition) is 1. The van der Waals surface area contributed by atoms with Gasteiger partial charge in [0.25, 0.3) is 0 Å². The molecular weight excluding hydrogens is 262 g/mol. The van der Waals surface area contributed by atoms with Gasteiger partial charge >= 0.3 is 5.97 Å². The van der Waals surface area contributed by atoms with Gasteiger partial charge in [-0.15, -0.1) is 0 Å². The molecule has 0 bridgehead atoms. The summed E-state index contributed by atoms with van der Waals surface area (Å²) in [6.45, 7) is 2.03. The van der Waals surface area contributed by atoms with E-state index >= 15 is 0 Å². The van der Waals surface area contributed by atoms with Crippen LogP contribution in [0.25, 0.3) is 0 Å². The lowest BCUT2D eigenvalue weighted by atomic mass is 10.1. The second-order valence-corrected chi connectivity index (χ2v) is 4.72. The molecule has 0 radical (unpaired) electrons. The van der Waals surface area contributed by atoms with Gasteiger partial charge in [-0.1, -0.05) is 29.8 Å². The third kappa shape index (κ3) is 3.48. The first-order valence-corrected chi connectivity index (χ1v) is 6.22. The molecule has 0 amide bonds. The Balaban J connectivity index is 2.07. The number of aryl methyl sites for hydroxylation is 1. The second-order valence-electron chi connectivity index (χ2n) is 4.28. The lowest BCUT2D eigenvalue weighted by molar-refractivity contribution is 0.0472. The highest BCUT2D eigenvalue weighted by Crippen LogP contribution is 2.16. The molecule has 3 nitrogen and oxygen atoms in total. The molecule has 0 aliphatic rings. The number of halogens is 1. The lowest BCUT2D eigenvalue weighted by Gasteiger charge is -2.08. The molecule has 0 heterocycles. The van der Waals surface area contributed by atoms with Gasteiger partial charge in [-0.25, -0.2) is 4.79 Å². The van der Waals surface area contributed by atoms with Crippen molar-refractivity contribution in [3.05, 3.63) is 64.2 Å². The normalized spacial score (nSPS) is 10.2. The predicted molar refractivity (Wildman–Crippen MR) is 76.2 cm³/mol. The first-order chi connectivity index (χ1) is 9.06. The molecule has 0 spiro atoms. The largest absolute Gasteiger partial charge is 0.457 e. The molecule has 0 aliphatic heterocycles. The van der Waals surface area contributed by atoms with E-state index in [1.54, 1.807) is 30.3 Å². The molecule has 0 atom stereocenters. The molecule has 0 saturated carbocycles. The van der Waals surface area contributed by atoms with Crippen LogP contribution in [0.15, 0.2) is 42.5 Å². The first-order valence-electron chi connectivity index (χ1n) is 5.84. The van der Waals surface area contributed by atoms with E-state index in [1.165, 1.54) is 0 Å². The maximum Gasteiger partial charge on any atom is 0.338 e. The van der Waals surface area contributed by atoms with Crippen molar-refractivity contribution in [2.24, 2.45) is 0 Å². The highest BCUT2D eigenvalue weighted by Gasteiger charge is 2.11. The highest BCUT2D eigenvalue weighted by molar-refractivity contribution is 6.30. The summed E-state index contributed by atoms with van der Waals surface area (Å²) in [6, 6.07) is 12.4. The minimum Gasteiger partial charge on any atom is -0.457 e. The van der Waals surface area contributed by atoms with Crippen molar-refractivity contribution in [1.29, 1.82) is 0 Å². The third-order valence-corrected chi connectivity index (χ3v) is 2.98. The number of hydrogen-bond acceptors (Lipinski definition) is 3. The Bertz CT molecular complexity index is 611. The standard InChI is InChI=1S/C15H14ClNO2/c1-10-5-6-13(17)8-14(10)15(18)19-9-11-3-2-4-12(16)7-11/h2-8H,9,17H2,1H3. The van der Waals surface area contributed by atoms with Gasteiger partial charge in [-0.2, -0.15) is 0 Å². The van der Waals surface area contributed by atoms with Crippen LogP contribution >= 0.6 is 11.6 Å². The topological polar surface area (TPSA) is 52.3 Å². The highest BCUT2D eigenvalue weighted by atomic mass is 35.5. The summed E-state index contributed by atoms with van der Waals surface area (Å²) in [7, 11) is 0. The number of esters is 1. The van der Waals surface area contributed by atoms with Gasteiger partial charge in [-0.05, 0) is 42.3 Å². The quantitative estimate of drug-likeness (QED) is 0.688. The number of nitrogens with two attached hydrogens (primary N) is 1. The number of rotatable bonds is 3. The van der Waals surface area contributed by atoms with E-state index in [4.69, 9.17) is 22.1 Å². The SMILES string of the molecule is Cc1ccc(N)cc1C(=O)OCc1cccc(Cl)c1. The van der Waals surface area contributed by atoms with Gasteiger partial charge in [-0.3, -0.25) is 0 Å². The van der Waals surface area contributed by atoms with Crippen LogP contribution < -0.4 is 5.73 Å². The number of anilines is 1. The van der Waals surface area contributed by atoms with Crippen LogP contribution in [0, 0.1) is 6.92 Å². The van der Waals surface area contributed by atoms with E-state index in [0.29, 0.717) is 16.3 Å². The Morgan fingerprint density at radius 3 is 2.79 bits per heavy atom. The summed E-state index contributed by atoms with van der Waals surface area (Å²) >= 11 is 5.87. The molecule has 0 saturated heterocycles. The predicted octanol–water partition coefficient (Wildman–Crippen LogP) is 3.59. The van der Waals surface area contributed by atoms with Gasteiger partial charge in [0.15, 0.2) is 0 Å². The average molecular weight is 276 g/mol. The maximum absolute atomic E-state index is 12.0. The van der Waals surface area contributed by atoms with Gasteiger partial charge in [0, 0.05) is 10.7 Å². The van der Waals surface area contributed by atoms with Crippen molar-refractivity contribution in [2.75, 3.05) is 5.73 Å². The van der Waals surface area contributed by atoms with Gasteiger partial charge in [0.05, 0.1) is 5.56 Å². The molecule has 4 heteroatoms. The Morgan fingerprint density at radius 2 is 2.05 bits per heavy atom. The fourth-order valence-electron chi connectivity index (χ4n) is 1.71. The zero-order valence-corrected chi connectivity index (χ0v) is 11.3. The van der Waals surface area contributed by atoms with Crippen LogP contribution in [0.4, 0.5) is 5.69 Å². The van der Waals surface area contributed by atoms with Crippen molar-refractivity contribution in [3.63, 3.8) is 0 Å². The average Bonchev–Trinajstić information content (AvgIpc) is 2.39. The molecule has 2 aromatic carbocycles. The molecule has 0 unspecified atom stereocenters. The number of ether oxygens (including phenoxy) is 1. The van der Waals surface area contributed by atoms with Crippen molar-refractivity contribution in [2.45, 2.75) is 13.5 Å². The second kappa shape index (κ2) is 5.76. The summed E-state index contributed by atoms with van der Waals surface area (Å²) in [5.41, 5.74) is 8.38. The molecule has 19 heavy (non-hydrogen) atoms. The van der Waals surface area contributed by atoms with E-state index < -0.39 is 0 Å². The van der Waals surface area contributed by atoms with Gasteiger partial charge in [0.1, 0.15) is 6.61 Å². The molecule has 2 aromatic rings. The Morgan fingerprint density at radius 1 is 1.26 bits per heavy atom. The Labute approximate surface area is 117 Å². The van der Waals surface area contributed by atoms with Gasteiger partial charge in [0.2, 0.25) is 0 Å². The Kier molecular flexibility index (Phi) is 4.07. The number of carbonyl (C=O) groups is 1. The minimum absolute atomic E-state index is 0.188. The van der Waals surface area contributed by atoms with Crippen LogP contribution in [0.5, 0.6) is 0 Å². The van der Waals surface area contributed by atoms with Crippen molar-refractivity contribution < 1.29 is 9.53 Å². The van der Waals surface area contributed by atoms with Crippen molar-refractivity contribution in [3.8, 4) is 0 Å². The van der Waals surface area contributed by atoms with Gasteiger partial charge < -0.3 is 10.5 Å². The molecule has 0 fully saturated rings. The summed E-state index contributed by atoms with van der Waals surface area (Å²) < 4.78 is 5.25. The summed E-state index contributed by atoms with van der Waals surface area (Å²) in [5, 5.41) is 0.619. The van der Waals surface area contributed by atoms with Crippen molar-refractivity contribution >= 4 is 23.3 Å². The molecular formula is C15H14ClNO2. The molecule has 98 valence electrons. The molecule has 0 aromatic heterocycles. The van der Waals surface area contributed by atoms with E-state index in [1.807, 2.05) is 19.1 Å². The fourth-order valence-corrected chi connectivity index (χ4v) is 1.93. The van der Waals surface area contributed by atoms with E-state index in [2.05, 4.69) is 0 Å². The van der Waals surface area contributed by atoms with Crippen LogP contribution in [0.1, 0.15) is 21.5 Å². The molecule has 0 aliphatic carbocycles. The number of nitrogen functional groups attached to an aromatic ring is 1. The van der Waals surface area contributed by atoms with Crippen LogP contribution in [-0.2, 0) is 11.3 Å². The molecule has 2 rings (SSSR count). The van der Waals surface area contributed by atoms with Crippen LogP contribution in [0.3, 0.4) is 0 Å². The monoisotopic (exact) mass is 275 g/mol. The Hall–Kier alpha value is -2.00. The lowest BCUT2D eigenvalue weighted by Crippen LogP contribution is -2.07. The van der Waals surface area contributed by atoms with Crippen molar-refractivity contribution in [1.82, 2.24) is 0 Å². The van der Waals surface area contributed by atoms with E-state index in [9.17, 15) is 4.79 Å². The summed E-state index contributed by atoms with van der Waals surface area (Å²) in [5.74, 6) is -0.384. The summed E-state index contributed by atoms with van der Waals surface area (Å²) in [6.07, 6.45) is 0.